The molecule has 0 bridgehead atoms. The highest BCUT2D eigenvalue weighted by Crippen LogP contribution is 2.64. The second-order valence-electron chi connectivity index (χ2n) is 14.4. The van der Waals surface area contributed by atoms with E-state index in [2.05, 4.69) is 15.9 Å². The third-order valence-electron chi connectivity index (χ3n) is 11.8. The van der Waals surface area contributed by atoms with E-state index in [1.807, 2.05) is 38.1 Å². The zero-order valence-corrected chi connectivity index (χ0v) is 31.5. The SMILES string of the molecule is Cc1c(-c2cc(N3C(=O)[C@@H]4C[C@@H]5C(=CC[C@@H]6C(=O)N(c7ccc(Br)cc7)C(=O)[C@@H]65)[C@H](c5ccccc5O)[C@]4(C)C3=O)n(C)n2)sc2ccc(Cl)cc12. The fraction of sp³-hybridized carbons (Fsp3) is 0.275. The molecule has 1 N–H and O–H groups in total. The van der Waals surface area contributed by atoms with Gasteiger partial charge in [-0.15, -0.1) is 11.3 Å². The van der Waals surface area contributed by atoms with Gasteiger partial charge in [0.05, 0.1) is 33.7 Å². The summed E-state index contributed by atoms with van der Waals surface area (Å²) < 4.78 is 3.44. The number of carbonyl (C=O) groups is 4. The van der Waals surface area contributed by atoms with Gasteiger partial charge in [0, 0.05) is 38.8 Å². The van der Waals surface area contributed by atoms with Crippen LogP contribution in [0.4, 0.5) is 11.5 Å². The van der Waals surface area contributed by atoms with Crippen molar-refractivity contribution in [1.29, 1.82) is 0 Å². The molecule has 4 aliphatic rings. The third-order valence-corrected chi connectivity index (χ3v) is 13.9. The van der Waals surface area contributed by atoms with Crippen molar-refractivity contribution in [3.63, 3.8) is 0 Å². The van der Waals surface area contributed by atoms with E-state index in [9.17, 15) is 19.5 Å². The standard InChI is InChI=1S/C40H32BrClN4O5S/c1-19-26-16-21(42)10-15-31(26)52-35(19)29-18-32(44(3)43-29)46-37(49)28-17-27-23(34(40(28,2)39(46)51)24-6-4-5-7-30(24)47)13-14-25-33(27)38(50)45(36(25)48)22-11-8-20(41)9-12-22/h4-13,15-16,18,25,27-28,33-34,47H,14,17H2,1-3H3/t25-,27+,28-,33-,34+,40+/m0/s1. The Morgan fingerprint density at radius 3 is 2.44 bits per heavy atom. The Balaban J connectivity index is 1.15. The number of aromatic hydroxyl groups is 1. The van der Waals surface area contributed by atoms with Crippen LogP contribution in [-0.4, -0.2) is 38.5 Å². The number of benzene rings is 3. The number of allylic oxidation sites excluding steroid dienone is 2. The minimum absolute atomic E-state index is 0.00308. The average molecular weight is 796 g/mol. The molecule has 262 valence electrons. The number of halogens is 2. The summed E-state index contributed by atoms with van der Waals surface area (Å²) in [5, 5.41) is 17.7. The van der Waals surface area contributed by atoms with E-state index in [1.165, 1.54) is 9.80 Å². The second kappa shape index (κ2) is 11.7. The predicted molar refractivity (Wildman–Crippen MR) is 203 cm³/mol. The highest BCUT2D eigenvalue weighted by atomic mass is 79.9. The van der Waals surface area contributed by atoms with Crippen LogP contribution in [0, 0.1) is 36.0 Å². The lowest BCUT2D eigenvalue weighted by molar-refractivity contribution is -0.131. The smallest absolute Gasteiger partial charge is 0.242 e. The van der Waals surface area contributed by atoms with Crippen LogP contribution in [0.25, 0.3) is 20.7 Å². The number of phenols is 1. The Morgan fingerprint density at radius 1 is 0.942 bits per heavy atom. The molecule has 3 fully saturated rings. The van der Waals surface area contributed by atoms with Crippen LogP contribution < -0.4 is 9.80 Å². The number of phenolic OH excluding ortho intramolecular Hbond substituents is 1. The number of para-hydroxylation sites is 1. The van der Waals surface area contributed by atoms with Crippen LogP contribution >= 0.6 is 38.9 Å². The number of amides is 4. The Labute approximate surface area is 316 Å². The van der Waals surface area contributed by atoms with Crippen LogP contribution in [0.2, 0.25) is 5.02 Å². The number of thiophene rings is 1. The molecule has 4 heterocycles. The molecule has 2 aromatic heterocycles. The van der Waals surface area contributed by atoms with Crippen molar-refractivity contribution in [2.24, 2.45) is 36.1 Å². The first-order valence-corrected chi connectivity index (χ1v) is 19.1. The summed E-state index contributed by atoms with van der Waals surface area (Å²) in [5.74, 6) is -4.35. The second-order valence-corrected chi connectivity index (χ2v) is 16.8. The zero-order chi connectivity index (χ0) is 36.4. The van der Waals surface area contributed by atoms with Crippen molar-refractivity contribution in [3.8, 4) is 16.3 Å². The topological polar surface area (TPSA) is 113 Å². The molecule has 5 aromatic rings. The molecular formula is C40H32BrClN4O5S. The van der Waals surface area contributed by atoms with Crippen LogP contribution in [0.15, 0.2) is 88.9 Å². The van der Waals surface area contributed by atoms with Crippen molar-refractivity contribution >= 4 is 84.1 Å². The van der Waals surface area contributed by atoms with E-state index in [0.717, 1.165) is 30.6 Å². The van der Waals surface area contributed by atoms with E-state index in [-0.39, 0.29) is 29.9 Å². The van der Waals surface area contributed by atoms with E-state index in [1.54, 1.807) is 77.7 Å². The van der Waals surface area contributed by atoms with E-state index >= 15 is 4.79 Å². The molecule has 9 rings (SSSR count). The third kappa shape index (κ3) is 4.55. The molecule has 0 unspecified atom stereocenters. The van der Waals surface area contributed by atoms with Crippen LogP contribution in [0.3, 0.4) is 0 Å². The number of carbonyl (C=O) groups excluding carboxylic acids is 4. The number of hydrogen-bond donors (Lipinski definition) is 1. The molecule has 4 amide bonds. The van der Waals surface area contributed by atoms with Gasteiger partial charge in [-0.1, -0.05) is 57.4 Å². The number of nitrogens with zero attached hydrogens (tertiary/aromatic N) is 4. The Bertz CT molecular complexity index is 2440. The van der Waals surface area contributed by atoms with Gasteiger partial charge in [-0.05, 0) is 92.1 Å². The van der Waals surface area contributed by atoms with Gasteiger partial charge < -0.3 is 5.11 Å². The van der Waals surface area contributed by atoms with Gasteiger partial charge in [-0.25, -0.2) is 4.90 Å². The Hall–Kier alpha value is -4.58. The van der Waals surface area contributed by atoms with Gasteiger partial charge >= 0.3 is 0 Å². The monoisotopic (exact) mass is 794 g/mol. The summed E-state index contributed by atoms with van der Waals surface area (Å²) in [6.45, 7) is 3.82. The lowest BCUT2D eigenvalue weighted by Gasteiger charge is -2.49. The lowest BCUT2D eigenvalue weighted by Crippen LogP contribution is -2.49. The zero-order valence-electron chi connectivity index (χ0n) is 28.3. The molecule has 2 aliphatic heterocycles. The highest BCUT2D eigenvalue weighted by Gasteiger charge is 2.68. The van der Waals surface area contributed by atoms with Gasteiger partial charge in [0.2, 0.25) is 23.6 Å². The normalized spacial score (nSPS) is 26.9. The molecule has 12 heteroatoms. The summed E-state index contributed by atoms with van der Waals surface area (Å²) in [6, 6.07) is 21.5. The fourth-order valence-corrected chi connectivity index (χ4v) is 11.0. The van der Waals surface area contributed by atoms with Crippen molar-refractivity contribution in [2.45, 2.75) is 32.6 Å². The van der Waals surface area contributed by atoms with Crippen LogP contribution in [0.1, 0.15) is 36.8 Å². The average Bonchev–Trinajstić information content (AvgIpc) is 3.79. The summed E-state index contributed by atoms with van der Waals surface area (Å²) >= 11 is 11.3. The molecule has 3 aromatic carbocycles. The van der Waals surface area contributed by atoms with Crippen molar-refractivity contribution < 1.29 is 24.3 Å². The minimum Gasteiger partial charge on any atom is -0.508 e. The maximum absolute atomic E-state index is 15.0. The molecular weight excluding hydrogens is 764 g/mol. The molecule has 52 heavy (non-hydrogen) atoms. The largest absolute Gasteiger partial charge is 0.508 e. The van der Waals surface area contributed by atoms with Gasteiger partial charge in [0.15, 0.2) is 0 Å². The molecule has 0 spiro atoms. The lowest BCUT2D eigenvalue weighted by atomic mass is 9.51. The first kappa shape index (κ1) is 33.3. The summed E-state index contributed by atoms with van der Waals surface area (Å²) in [6.07, 6.45) is 2.51. The van der Waals surface area contributed by atoms with E-state index in [0.29, 0.717) is 34.2 Å². The van der Waals surface area contributed by atoms with E-state index in [4.69, 9.17) is 16.7 Å². The molecule has 1 saturated carbocycles. The number of aryl methyl sites for hydroxylation is 2. The quantitative estimate of drug-likeness (QED) is 0.145. The number of rotatable bonds is 4. The van der Waals surface area contributed by atoms with Gasteiger partial charge in [0.1, 0.15) is 17.3 Å². The van der Waals surface area contributed by atoms with Gasteiger partial charge in [-0.2, -0.15) is 5.10 Å². The molecule has 6 atom stereocenters. The summed E-state index contributed by atoms with van der Waals surface area (Å²) in [5.41, 5.74) is 2.16. The predicted octanol–water partition coefficient (Wildman–Crippen LogP) is 8.17. The fourth-order valence-electron chi connectivity index (χ4n) is 9.37. The summed E-state index contributed by atoms with van der Waals surface area (Å²) in [4.78, 5) is 61.5. The number of anilines is 2. The van der Waals surface area contributed by atoms with E-state index < -0.39 is 40.9 Å². The molecule has 2 saturated heterocycles. The highest BCUT2D eigenvalue weighted by molar-refractivity contribution is 9.10. The molecule has 2 aliphatic carbocycles. The first-order chi connectivity index (χ1) is 24.9. The van der Waals surface area contributed by atoms with Crippen molar-refractivity contribution in [1.82, 2.24) is 9.78 Å². The number of hydrogen-bond acceptors (Lipinski definition) is 7. The van der Waals surface area contributed by atoms with Crippen LogP contribution in [0.5, 0.6) is 5.75 Å². The van der Waals surface area contributed by atoms with Crippen molar-refractivity contribution in [2.75, 3.05) is 9.80 Å². The van der Waals surface area contributed by atoms with Crippen molar-refractivity contribution in [3.05, 3.63) is 105 Å². The minimum atomic E-state index is -1.29. The number of imide groups is 2. The summed E-state index contributed by atoms with van der Waals surface area (Å²) in [7, 11) is 1.72. The van der Waals surface area contributed by atoms with Gasteiger partial charge in [-0.3, -0.25) is 28.8 Å². The number of aromatic nitrogens is 2. The van der Waals surface area contributed by atoms with Gasteiger partial charge in [0.25, 0.3) is 0 Å². The number of fused-ring (bicyclic) bond motifs is 5. The maximum Gasteiger partial charge on any atom is 0.242 e. The Kier molecular flexibility index (Phi) is 7.49. The first-order valence-electron chi connectivity index (χ1n) is 17.1. The Morgan fingerprint density at radius 2 is 1.69 bits per heavy atom. The maximum atomic E-state index is 15.0. The van der Waals surface area contributed by atoms with Crippen LogP contribution in [-0.2, 0) is 26.2 Å². The molecule has 0 radical (unpaired) electrons. The molecule has 9 nitrogen and oxygen atoms in total.